The Hall–Kier alpha value is -2.31. The first-order valence-electron chi connectivity index (χ1n) is 4.70. The molecule has 16 heavy (non-hydrogen) atoms. The van der Waals surface area contributed by atoms with Crippen LogP contribution in [0.2, 0.25) is 0 Å². The number of nitrogen functional groups attached to an aromatic ring is 2. The van der Waals surface area contributed by atoms with Crippen LogP contribution in [0.15, 0.2) is 6.20 Å². The number of Topliss-reactive ketones (excluding diaryl/α,β-unsaturated/α-hetero) is 1. The Morgan fingerprint density at radius 2 is 2.06 bits per heavy atom. The summed E-state index contributed by atoms with van der Waals surface area (Å²) in [4.78, 5) is 27.1. The largest absolute Gasteiger partial charge is 0.382 e. The van der Waals surface area contributed by atoms with Crippen LogP contribution in [0.25, 0.3) is 11.2 Å². The van der Waals surface area contributed by atoms with E-state index in [0.717, 1.165) is 0 Å². The van der Waals surface area contributed by atoms with Gasteiger partial charge in [-0.3, -0.25) is 4.79 Å². The summed E-state index contributed by atoms with van der Waals surface area (Å²) in [5, 5.41) is 0. The highest BCUT2D eigenvalue weighted by atomic mass is 16.1. The maximum atomic E-state index is 11.4. The van der Waals surface area contributed by atoms with Crippen LogP contribution in [0.4, 0.5) is 11.8 Å². The molecule has 0 atom stereocenters. The van der Waals surface area contributed by atoms with Gasteiger partial charge >= 0.3 is 0 Å². The number of rotatable bonds is 2. The molecule has 0 unspecified atom stereocenters. The zero-order valence-corrected chi connectivity index (χ0v) is 8.64. The van der Waals surface area contributed by atoms with Gasteiger partial charge in [-0.1, -0.05) is 6.92 Å². The Morgan fingerprint density at radius 1 is 1.31 bits per heavy atom. The standard InChI is InChI=1S/C9H10N6O/c1-2-5(16)4-3-12-8-6(13-4)7(10)14-9(11)15-8/h3H,2H2,1H3,(H4,10,11,12,14,15). The molecule has 0 aliphatic carbocycles. The summed E-state index contributed by atoms with van der Waals surface area (Å²) in [5.74, 6) is 0.0558. The summed E-state index contributed by atoms with van der Waals surface area (Å²) in [6.45, 7) is 1.75. The highest BCUT2D eigenvalue weighted by Gasteiger charge is 2.10. The minimum atomic E-state index is -0.106. The molecule has 2 aromatic heterocycles. The van der Waals surface area contributed by atoms with E-state index in [1.807, 2.05) is 0 Å². The van der Waals surface area contributed by atoms with Gasteiger partial charge in [0, 0.05) is 6.42 Å². The number of hydrogen-bond donors (Lipinski definition) is 2. The molecule has 2 rings (SSSR count). The Morgan fingerprint density at radius 3 is 2.75 bits per heavy atom. The molecule has 2 aromatic rings. The number of nitrogens with two attached hydrogens (primary N) is 2. The van der Waals surface area contributed by atoms with Crippen LogP contribution in [0.5, 0.6) is 0 Å². The molecule has 7 nitrogen and oxygen atoms in total. The Kier molecular flexibility index (Phi) is 2.35. The number of carbonyl (C=O) groups is 1. The molecule has 0 saturated heterocycles. The van der Waals surface area contributed by atoms with Crippen LogP contribution >= 0.6 is 0 Å². The zero-order chi connectivity index (χ0) is 11.7. The molecule has 0 radical (unpaired) electrons. The van der Waals surface area contributed by atoms with Crippen LogP contribution in [-0.2, 0) is 0 Å². The van der Waals surface area contributed by atoms with Gasteiger partial charge in [-0.2, -0.15) is 9.97 Å². The topological polar surface area (TPSA) is 121 Å². The predicted molar refractivity (Wildman–Crippen MR) is 58.6 cm³/mol. The van der Waals surface area contributed by atoms with E-state index in [0.29, 0.717) is 11.9 Å². The highest BCUT2D eigenvalue weighted by molar-refractivity contribution is 5.96. The lowest BCUT2D eigenvalue weighted by Gasteiger charge is -2.02. The molecule has 0 spiro atoms. The smallest absolute Gasteiger partial charge is 0.224 e. The van der Waals surface area contributed by atoms with Gasteiger partial charge in [0.05, 0.1) is 6.20 Å². The maximum Gasteiger partial charge on any atom is 0.224 e. The summed E-state index contributed by atoms with van der Waals surface area (Å²) >= 11 is 0. The molecular weight excluding hydrogens is 208 g/mol. The number of aromatic nitrogens is 4. The van der Waals surface area contributed by atoms with E-state index in [1.54, 1.807) is 6.92 Å². The number of nitrogens with zero attached hydrogens (tertiary/aromatic N) is 4. The highest BCUT2D eigenvalue weighted by Crippen LogP contribution is 2.14. The third-order valence-corrected chi connectivity index (χ3v) is 2.06. The number of carbonyl (C=O) groups excluding carboxylic acids is 1. The van der Waals surface area contributed by atoms with Gasteiger partial charge in [-0.15, -0.1) is 0 Å². The summed E-state index contributed by atoms with van der Waals surface area (Å²) < 4.78 is 0. The van der Waals surface area contributed by atoms with Crippen LogP contribution < -0.4 is 11.5 Å². The van der Waals surface area contributed by atoms with E-state index in [-0.39, 0.29) is 28.9 Å². The van der Waals surface area contributed by atoms with E-state index in [9.17, 15) is 4.79 Å². The van der Waals surface area contributed by atoms with E-state index in [4.69, 9.17) is 11.5 Å². The summed E-state index contributed by atoms with van der Waals surface area (Å²) in [5.41, 5.74) is 11.9. The maximum absolute atomic E-state index is 11.4. The average Bonchev–Trinajstić information content (AvgIpc) is 2.27. The molecule has 82 valence electrons. The third kappa shape index (κ3) is 1.62. The summed E-state index contributed by atoms with van der Waals surface area (Å²) in [6, 6.07) is 0. The van der Waals surface area contributed by atoms with Gasteiger partial charge in [0.25, 0.3) is 0 Å². The number of fused-ring (bicyclic) bond motifs is 1. The van der Waals surface area contributed by atoms with Gasteiger partial charge < -0.3 is 11.5 Å². The van der Waals surface area contributed by atoms with E-state index >= 15 is 0 Å². The molecule has 7 heteroatoms. The van der Waals surface area contributed by atoms with Gasteiger partial charge in [-0.25, -0.2) is 9.97 Å². The second-order valence-corrected chi connectivity index (χ2v) is 3.17. The Labute approximate surface area is 90.9 Å². The molecule has 4 N–H and O–H groups in total. The van der Waals surface area contributed by atoms with E-state index in [2.05, 4.69) is 19.9 Å². The molecule has 0 aliphatic heterocycles. The normalized spacial score (nSPS) is 10.6. The molecular formula is C9H10N6O. The first-order chi connectivity index (χ1) is 7.61. The molecule has 0 bridgehead atoms. The zero-order valence-electron chi connectivity index (χ0n) is 8.64. The molecule has 2 heterocycles. The second kappa shape index (κ2) is 3.69. The predicted octanol–water partition coefficient (Wildman–Crippen LogP) is 0.177. The van der Waals surface area contributed by atoms with Gasteiger partial charge in [0.15, 0.2) is 22.8 Å². The van der Waals surface area contributed by atoms with Gasteiger partial charge in [0.2, 0.25) is 5.95 Å². The lowest BCUT2D eigenvalue weighted by atomic mass is 10.2. The Bertz CT molecular complexity index is 567. The van der Waals surface area contributed by atoms with Crippen molar-refractivity contribution in [1.82, 2.24) is 19.9 Å². The fourth-order valence-corrected chi connectivity index (χ4v) is 1.26. The van der Waals surface area contributed by atoms with E-state index < -0.39 is 0 Å². The fraction of sp³-hybridized carbons (Fsp3) is 0.222. The van der Waals surface area contributed by atoms with Crippen molar-refractivity contribution in [3.05, 3.63) is 11.9 Å². The van der Waals surface area contributed by atoms with Crippen molar-refractivity contribution in [2.75, 3.05) is 11.5 Å². The van der Waals surface area contributed by atoms with Crippen molar-refractivity contribution in [3.8, 4) is 0 Å². The van der Waals surface area contributed by atoms with Gasteiger partial charge in [0.1, 0.15) is 5.69 Å². The van der Waals surface area contributed by atoms with Crippen LogP contribution in [-0.4, -0.2) is 25.7 Å². The lowest BCUT2D eigenvalue weighted by molar-refractivity contribution is 0.0983. The first-order valence-corrected chi connectivity index (χ1v) is 4.70. The van der Waals surface area contributed by atoms with Crippen molar-refractivity contribution < 1.29 is 4.79 Å². The molecule has 0 saturated carbocycles. The van der Waals surface area contributed by atoms with Crippen LogP contribution in [0.3, 0.4) is 0 Å². The summed E-state index contributed by atoms with van der Waals surface area (Å²) in [6.07, 6.45) is 1.72. The summed E-state index contributed by atoms with van der Waals surface area (Å²) in [7, 11) is 0. The molecule has 0 amide bonds. The first kappa shape index (κ1) is 10.2. The number of anilines is 2. The van der Waals surface area contributed by atoms with E-state index in [1.165, 1.54) is 6.20 Å². The minimum Gasteiger partial charge on any atom is -0.382 e. The molecule has 0 aliphatic rings. The third-order valence-electron chi connectivity index (χ3n) is 2.06. The van der Waals surface area contributed by atoms with Crippen molar-refractivity contribution in [2.45, 2.75) is 13.3 Å². The number of ketones is 1. The fourth-order valence-electron chi connectivity index (χ4n) is 1.26. The SMILES string of the molecule is CCC(=O)c1cnc2nc(N)nc(N)c2n1. The lowest BCUT2D eigenvalue weighted by Crippen LogP contribution is -2.07. The average molecular weight is 218 g/mol. The second-order valence-electron chi connectivity index (χ2n) is 3.17. The van der Waals surface area contributed by atoms with Crippen LogP contribution in [0.1, 0.15) is 23.8 Å². The van der Waals surface area contributed by atoms with Crippen molar-refractivity contribution in [2.24, 2.45) is 0 Å². The molecule has 0 aromatic carbocycles. The number of hydrogen-bond acceptors (Lipinski definition) is 7. The van der Waals surface area contributed by atoms with Crippen molar-refractivity contribution in [3.63, 3.8) is 0 Å². The van der Waals surface area contributed by atoms with Crippen molar-refractivity contribution >= 4 is 28.7 Å². The van der Waals surface area contributed by atoms with Crippen molar-refractivity contribution in [1.29, 1.82) is 0 Å². The Balaban J connectivity index is 2.66. The van der Waals surface area contributed by atoms with Gasteiger partial charge in [-0.05, 0) is 0 Å². The molecule has 0 fully saturated rings. The van der Waals surface area contributed by atoms with Crippen LogP contribution in [0, 0.1) is 0 Å². The monoisotopic (exact) mass is 218 g/mol. The quantitative estimate of drug-likeness (QED) is 0.689. The minimum absolute atomic E-state index is 0.0360.